The summed E-state index contributed by atoms with van der Waals surface area (Å²) in [5, 5.41) is 2.56. The van der Waals surface area contributed by atoms with Crippen LogP contribution in [0.15, 0.2) is 41.0 Å². The number of hydrogen-bond acceptors (Lipinski definition) is 5. The summed E-state index contributed by atoms with van der Waals surface area (Å²) < 4.78 is 41.9. The first-order valence-electron chi connectivity index (χ1n) is 5.44. The third-order valence-electron chi connectivity index (χ3n) is 2.30. The molecular weight excluding hydrogens is 289 g/mol. The molecule has 0 aliphatic heterocycles. The van der Waals surface area contributed by atoms with Crippen molar-refractivity contribution in [3.05, 3.63) is 47.9 Å². The molecule has 20 heavy (non-hydrogen) atoms. The first-order chi connectivity index (χ1) is 9.33. The fraction of sp³-hybridized carbons (Fsp3) is 0.0833. The second-order valence-corrected chi connectivity index (χ2v) is 4.85. The van der Waals surface area contributed by atoms with Gasteiger partial charge in [0, 0.05) is 5.69 Å². The van der Waals surface area contributed by atoms with E-state index in [1.165, 1.54) is 30.5 Å². The van der Waals surface area contributed by atoms with Crippen molar-refractivity contribution >= 4 is 22.1 Å². The van der Waals surface area contributed by atoms with Gasteiger partial charge in [-0.25, -0.2) is 0 Å². The highest BCUT2D eigenvalue weighted by atomic mass is 32.3. The second kappa shape index (κ2) is 5.33. The van der Waals surface area contributed by atoms with Gasteiger partial charge in [0.05, 0.1) is 5.56 Å². The number of furan rings is 1. The number of hydrogen-bond donors (Lipinski definition) is 1. The van der Waals surface area contributed by atoms with Crippen molar-refractivity contribution < 1.29 is 25.7 Å². The summed E-state index contributed by atoms with van der Waals surface area (Å²) in [6.45, 7) is 1.71. The molecule has 8 heteroatoms. The number of carbonyl (C=O) groups excluding carboxylic acids is 1. The molecular formula is C12H10FNO5S. The Bertz CT molecular complexity index is 721. The molecule has 1 aromatic carbocycles. The van der Waals surface area contributed by atoms with E-state index in [-0.39, 0.29) is 11.7 Å². The van der Waals surface area contributed by atoms with Crippen LogP contribution in [-0.4, -0.2) is 14.3 Å². The number of rotatable bonds is 4. The predicted octanol–water partition coefficient (Wildman–Crippen LogP) is 2.43. The molecule has 6 nitrogen and oxygen atoms in total. The zero-order valence-electron chi connectivity index (χ0n) is 10.3. The minimum atomic E-state index is -5.05. The number of carbonyl (C=O) groups is 1. The van der Waals surface area contributed by atoms with E-state index in [1.807, 2.05) is 0 Å². The van der Waals surface area contributed by atoms with Gasteiger partial charge in [-0.1, -0.05) is 3.89 Å². The predicted molar refractivity (Wildman–Crippen MR) is 68.5 cm³/mol. The van der Waals surface area contributed by atoms with Crippen LogP contribution < -0.4 is 9.50 Å². The monoisotopic (exact) mass is 299 g/mol. The minimum absolute atomic E-state index is 0.190. The van der Waals surface area contributed by atoms with Gasteiger partial charge in [0.15, 0.2) is 0 Å². The molecule has 1 N–H and O–H groups in total. The molecule has 1 heterocycles. The molecule has 1 amide bonds. The lowest BCUT2D eigenvalue weighted by Crippen LogP contribution is -2.10. The largest absolute Gasteiger partial charge is 0.488 e. The van der Waals surface area contributed by atoms with E-state index in [2.05, 4.69) is 9.50 Å². The second-order valence-electron chi connectivity index (χ2n) is 3.90. The van der Waals surface area contributed by atoms with Crippen molar-refractivity contribution in [3.8, 4) is 5.75 Å². The maximum Gasteiger partial charge on any atom is 0.488 e. The van der Waals surface area contributed by atoms with Crippen molar-refractivity contribution in [2.75, 3.05) is 5.32 Å². The van der Waals surface area contributed by atoms with Gasteiger partial charge in [-0.05, 0) is 37.3 Å². The summed E-state index contributed by atoms with van der Waals surface area (Å²) in [7, 11) is -5.05. The van der Waals surface area contributed by atoms with E-state index >= 15 is 0 Å². The summed E-state index contributed by atoms with van der Waals surface area (Å²) in [6.07, 6.45) is 1.32. The van der Waals surface area contributed by atoms with E-state index in [4.69, 9.17) is 4.42 Å². The summed E-state index contributed by atoms with van der Waals surface area (Å²) in [5.74, 6) is 0.0327. The zero-order valence-corrected chi connectivity index (χ0v) is 11.1. The van der Waals surface area contributed by atoms with Crippen molar-refractivity contribution in [3.63, 3.8) is 0 Å². The Hall–Kier alpha value is -2.35. The lowest BCUT2D eigenvalue weighted by atomic mass is 10.2. The Labute approximate surface area is 114 Å². The summed E-state index contributed by atoms with van der Waals surface area (Å²) in [6, 6.07) is 6.76. The molecule has 0 unspecified atom stereocenters. The average molecular weight is 299 g/mol. The first-order valence-corrected chi connectivity index (χ1v) is 6.75. The fourth-order valence-electron chi connectivity index (χ4n) is 1.47. The number of nitrogens with one attached hydrogen (secondary N) is 1. The molecule has 0 saturated carbocycles. The zero-order chi connectivity index (χ0) is 14.8. The van der Waals surface area contributed by atoms with Crippen LogP contribution in [-0.2, 0) is 10.5 Å². The van der Waals surface area contributed by atoms with Crippen LogP contribution in [0.2, 0.25) is 0 Å². The number of aryl methyl sites for hydroxylation is 1. The van der Waals surface area contributed by atoms with Crippen LogP contribution >= 0.6 is 0 Å². The number of anilines is 1. The van der Waals surface area contributed by atoms with E-state index in [0.29, 0.717) is 17.0 Å². The number of benzene rings is 1. The minimum Gasteiger partial charge on any atom is -0.469 e. The van der Waals surface area contributed by atoms with Crippen molar-refractivity contribution in [2.24, 2.45) is 0 Å². The Balaban J connectivity index is 2.06. The van der Waals surface area contributed by atoms with Crippen molar-refractivity contribution in [1.82, 2.24) is 0 Å². The van der Waals surface area contributed by atoms with Crippen LogP contribution in [0.3, 0.4) is 0 Å². The maximum absolute atomic E-state index is 12.3. The standard InChI is InChI=1S/C12H10FNO5S/c1-8-6-9(7-18-8)12(15)14-10-2-4-11(5-3-10)19-20(13,16)17/h2-7H,1H3,(H,14,15). The van der Waals surface area contributed by atoms with Gasteiger partial charge < -0.3 is 13.9 Å². The van der Waals surface area contributed by atoms with Gasteiger partial charge in [0.1, 0.15) is 17.8 Å². The molecule has 0 aliphatic rings. The molecule has 0 aliphatic carbocycles. The molecule has 0 fully saturated rings. The maximum atomic E-state index is 12.3. The molecule has 0 radical (unpaired) electrons. The van der Waals surface area contributed by atoms with Gasteiger partial charge in [-0.15, -0.1) is 0 Å². The van der Waals surface area contributed by atoms with Gasteiger partial charge >= 0.3 is 10.5 Å². The van der Waals surface area contributed by atoms with Crippen molar-refractivity contribution in [2.45, 2.75) is 6.92 Å². The Morgan fingerprint density at radius 1 is 1.30 bits per heavy atom. The van der Waals surface area contributed by atoms with Crippen LogP contribution in [0.25, 0.3) is 0 Å². The fourth-order valence-corrected chi connectivity index (χ4v) is 1.82. The van der Waals surface area contributed by atoms with Gasteiger partial charge in [0.2, 0.25) is 0 Å². The van der Waals surface area contributed by atoms with Gasteiger partial charge in [0.25, 0.3) is 5.91 Å². The van der Waals surface area contributed by atoms with E-state index in [1.54, 1.807) is 13.0 Å². The molecule has 106 valence electrons. The highest BCUT2D eigenvalue weighted by Crippen LogP contribution is 2.18. The van der Waals surface area contributed by atoms with Crippen LogP contribution in [0.4, 0.5) is 9.57 Å². The summed E-state index contributed by atoms with van der Waals surface area (Å²) in [5.41, 5.74) is 0.756. The quantitative estimate of drug-likeness (QED) is 0.876. The molecule has 2 rings (SSSR count). The van der Waals surface area contributed by atoms with Gasteiger partial charge in [-0.2, -0.15) is 8.42 Å². The first kappa shape index (κ1) is 14.1. The van der Waals surface area contributed by atoms with Crippen LogP contribution in [0.5, 0.6) is 5.75 Å². The topological polar surface area (TPSA) is 85.6 Å². The lowest BCUT2D eigenvalue weighted by molar-refractivity contribution is 0.102. The number of halogens is 1. The third kappa shape index (κ3) is 3.82. The molecule has 2 aromatic rings. The number of amides is 1. The van der Waals surface area contributed by atoms with E-state index in [9.17, 15) is 17.1 Å². The lowest BCUT2D eigenvalue weighted by Gasteiger charge is -2.04. The smallest absolute Gasteiger partial charge is 0.469 e. The molecule has 0 bridgehead atoms. The molecule has 1 aromatic heterocycles. The summed E-state index contributed by atoms with van der Waals surface area (Å²) in [4.78, 5) is 11.8. The highest BCUT2D eigenvalue weighted by Gasteiger charge is 2.11. The van der Waals surface area contributed by atoms with E-state index < -0.39 is 10.5 Å². The average Bonchev–Trinajstić information content (AvgIpc) is 2.77. The molecule has 0 saturated heterocycles. The Kier molecular flexibility index (Phi) is 3.75. The summed E-state index contributed by atoms with van der Waals surface area (Å²) >= 11 is 0. The van der Waals surface area contributed by atoms with Crippen LogP contribution in [0.1, 0.15) is 16.1 Å². The molecule has 0 spiro atoms. The van der Waals surface area contributed by atoms with Crippen LogP contribution in [0, 0.1) is 6.92 Å². The third-order valence-corrected chi connectivity index (χ3v) is 2.69. The van der Waals surface area contributed by atoms with Gasteiger partial charge in [-0.3, -0.25) is 4.79 Å². The van der Waals surface area contributed by atoms with Crippen molar-refractivity contribution in [1.29, 1.82) is 0 Å². The molecule has 0 atom stereocenters. The Morgan fingerprint density at radius 2 is 1.95 bits per heavy atom. The highest BCUT2D eigenvalue weighted by molar-refractivity contribution is 7.81. The van der Waals surface area contributed by atoms with E-state index in [0.717, 1.165) is 0 Å². The SMILES string of the molecule is Cc1cc(C(=O)Nc2ccc(OS(=O)(=O)F)cc2)co1. The Morgan fingerprint density at radius 3 is 2.45 bits per heavy atom. The normalized spacial score (nSPS) is 11.1.